The molecule has 1 aliphatic rings. The van der Waals surface area contributed by atoms with Gasteiger partial charge in [-0.3, -0.25) is 14.9 Å². The molecule has 1 amide bonds. The molecular formula is C16H11Cl2N3O5. The number of amides is 1. The lowest BCUT2D eigenvalue weighted by atomic mass is 10.2. The van der Waals surface area contributed by atoms with Gasteiger partial charge in [0.1, 0.15) is 6.54 Å². The first-order valence-corrected chi connectivity index (χ1v) is 8.08. The zero-order valence-corrected chi connectivity index (χ0v) is 14.6. The summed E-state index contributed by atoms with van der Waals surface area (Å²) in [6.45, 7) is -0.343. The van der Waals surface area contributed by atoms with Gasteiger partial charge in [0.05, 0.1) is 33.9 Å². The summed E-state index contributed by atoms with van der Waals surface area (Å²) in [5.74, 6) is -1.02. The van der Waals surface area contributed by atoms with Crippen LogP contribution >= 0.6 is 23.2 Å². The molecule has 0 aromatic heterocycles. The second-order valence-corrected chi connectivity index (χ2v) is 6.26. The van der Waals surface area contributed by atoms with Crippen molar-refractivity contribution in [3.8, 4) is 5.75 Å². The Morgan fingerprint density at radius 3 is 2.77 bits per heavy atom. The number of rotatable bonds is 4. The van der Waals surface area contributed by atoms with Crippen molar-refractivity contribution in [2.45, 2.75) is 0 Å². The molecule has 0 saturated heterocycles. The van der Waals surface area contributed by atoms with Crippen molar-refractivity contribution in [3.05, 3.63) is 56.6 Å². The van der Waals surface area contributed by atoms with Gasteiger partial charge in [0.15, 0.2) is 5.75 Å². The van der Waals surface area contributed by atoms with Gasteiger partial charge < -0.3 is 15.0 Å². The maximum Gasteiger partial charge on any atom is 0.331 e. The molecule has 134 valence electrons. The largest absolute Gasteiger partial charge is 0.423 e. The van der Waals surface area contributed by atoms with E-state index in [9.17, 15) is 19.7 Å². The average Bonchev–Trinajstić information content (AvgIpc) is 2.57. The van der Waals surface area contributed by atoms with E-state index in [1.165, 1.54) is 23.1 Å². The summed E-state index contributed by atoms with van der Waals surface area (Å²) in [4.78, 5) is 35.8. The normalized spacial score (nSPS) is 13.0. The number of hydrogen-bond donors (Lipinski definition) is 1. The first kappa shape index (κ1) is 18.0. The molecule has 0 unspecified atom stereocenters. The zero-order valence-electron chi connectivity index (χ0n) is 13.1. The van der Waals surface area contributed by atoms with Crippen molar-refractivity contribution in [2.75, 3.05) is 23.3 Å². The molecule has 1 heterocycles. The molecule has 0 spiro atoms. The standard InChI is InChI=1S/C16H11Cl2N3O5/c17-9-1-3-11(18)12(5-9)19-15(22)7-20-8-16(23)26-14-6-10(21(24)25)2-4-13(14)20/h1-6H,7-8H2,(H,19,22). The lowest BCUT2D eigenvalue weighted by Crippen LogP contribution is -2.41. The summed E-state index contributed by atoms with van der Waals surface area (Å²) >= 11 is 11.9. The Balaban J connectivity index is 1.80. The van der Waals surface area contributed by atoms with Crippen LogP contribution < -0.4 is 15.0 Å². The molecule has 1 aliphatic heterocycles. The molecule has 0 bridgehead atoms. The lowest BCUT2D eigenvalue weighted by Gasteiger charge is -2.29. The van der Waals surface area contributed by atoms with Crippen LogP contribution in [0.3, 0.4) is 0 Å². The Kier molecular flexibility index (Phi) is 4.97. The van der Waals surface area contributed by atoms with Crippen molar-refractivity contribution in [1.29, 1.82) is 0 Å². The lowest BCUT2D eigenvalue weighted by molar-refractivity contribution is -0.384. The number of carbonyl (C=O) groups is 2. The van der Waals surface area contributed by atoms with Crippen molar-refractivity contribution in [3.63, 3.8) is 0 Å². The minimum absolute atomic E-state index is 0.0315. The van der Waals surface area contributed by atoms with E-state index in [4.69, 9.17) is 27.9 Å². The minimum Gasteiger partial charge on any atom is -0.423 e. The molecule has 26 heavy (non-hydrogen) atoms. The molecular weight excluding hydrogens is 385 g/mol. The second-order valence-electron chi connectivity index (χ2n) is 5.41. The Hall–Kier alpha value is -2.84. The fourth-order valence-corrected chi connectivity index (χ4v) is 2.79. The number of benzene rings is 2. The van der Waals surface area contributed by atoms with E-state index in [-0.39, 0.29) is 24.5 Å². The van der Waals surface area contributed by atoms with Crippen LogP contribution in [-0.2, 0) is 9.59 Å². The fourth-order valence-electron chi connectivity index (χ4n) is 2.45. The number of non-ortho nitro benzene ring substituents is 1. The van der Waals surface area contributed by atoms with E-state index >= 15 is 0 Å². The van der Waals surface area contributed by atoms with Gasteiger partial charge in [-0.25, -0.2) is 4.79 Å². The average molecular weight is 396 g/mol. The predicted octanol–water partition coefficient (Wildman–Crippen LogP) is 3.27. The number of nitrogens with one attached hydrogen (secondary N) is 1. The summed E-state index contributed by atoms with van der Waals surface area (Å²) in [5, 5.41) is 14.2. The third-order valence-corrected chi connectivity index (χ3v) is 4.14. The van der Waals surface area contributed by atoms with Crippen LogP contribution in [0.1, 0.15) is 0 Å². The molecule has 10 heteroatoms. The van der Waals surface area contributed by atoms with Gasteiger partial charge in [-0.05, 0) is 24.3 Å². The van der Waals surface area contributed by atoms with Crippen LogP contribution in [-0.4, -0.2) is 29.9 Å². The number of halogens is 2. The van der Waals surface area contributed by atoms with E-state index in [1.54, 1.807) is 12.1 Å². The Morgan fingerprint density at radius 1 is 1.27 bits per heavy atom. The van der Waals surface area contributed by atoms with Gasteiger partial charge in [0.2, 0.25) is 5.91 Å². The smallest absolute Gasteiger partial charge is 0.331 e. The van der Waals surface area contributed by atoms with E-state index < -0.39 is 16.8 Å². The third kappa shape index (κ3) is 3.87. The van der Waals surface area contributed by atoms with Crippen LogP contribution in [0.5, 0.6) is 5.75 Å². The Bertz CT molecular complexity index is 919. The van der Waals surface area contributed by atoms with E-state index in [0.29, 0.717) is 21.4 Å². The zero-order chi connectivity index (χ0) is 18.8. The van der Waals surface area contributed by atoms with Gasteiger partial charge >= 0.3 is 5.97 Å². The van der Waals surface area contributed by atoms with E-state index in [1.807, 2.05) is 0 Å². The van der Waals surface area contributed by atoms with Crippen LogP contribution in [0, 0.1) is 10.1 Å². The van der Waals surface area contributed by atoms with Crippen molar-refractivity contribution < 1.29 is 19.2 Å². The van der Waals surface area contributed by atoms with Crippen molar-refractivity contribution >= 4 is 52.1 Å². The molecule has 8 nitrogen and oxygen atoms in total. The number of carbonyl (C=O) groups excluding carboxylic acids is 2. The highest BCUT2D eigenvalue weighted by Gasteiger charge is 2.27. The van der Waals surface area contributed by atoms with E-state index in [0.717, 1.165) is 6.07 Å². The fraction of sp³-hybridized carbons (Fsp3) is 0.125. The number of anilines is 2. The number of ether oxygens (including phenoxy) is 1. The van der Waals surface area contributed by atoms with Gasteiger partial charge in [0, 0.05) is 11.1 Å². The predicted molar refractivity (Wildman–Crippen MR) is 96.0 cm³/mol. The highest BCUT2D eigenvalue weighted by molar-refractivity contribution is 6.35. The van der Waals surface area contributed by atoms with Crippen molar-refractivity contribution in [1.82, 2.24) is 0 Å². The number of nitro groups is 1. The number of nitro benzene ring substituents is 1. The number of hydrogen-bond acceptors (Lipinski definition) is 6. The Morgan fingerprint density at radius 2 is 2.04 bits per heavy atom. The SMILES string of the molecule is O=C(CN1CC(=O)Oc2cc([N+](=O)[O-])ccc21)Nc1cc(Cl)ccc1Cl. The molecule has 2 aromatic carbocycles. The summed E-state index contributed by atoms with van der Waals surface area (Å²) < 4.78 is 5.03. The first-order valence-electron chi connectivity index (χ1n) is 7.32. The minimum atomic E-state index is -0.619. The Labute approximate surface area is 157 Å². The number of esters is 1. The van der Waals surface area contributed by atoms with Crippen LogP contribution in [0.25, 0.3) is 0 Å². The van der Waals surface area contributed by atoms with Gasteiger partial charge in [-0.2, -0.15) is 0 Å². The quantitative estimate of drug-likeness (QED) is 0.368. The van der Waals surface area contributed by atoms with Crippen LogP contribution in [0.4, 0.5) is 17.1 Å². The molecule has 0 radical (unpaired) electrons. The maximum absolute atomic E-state index is 12.3. The summed E-state index contributed by atoms with van der Waals surface area (Å²) in [6, 6.07) is 8.49. The number of fused-ring (bicyclic) bond motifs is 1. The molecule has 2 aromatic rings. The molecule has 0 saturated carbocycles. The molecule has 0 fully saturated rings. The summed E-state index contributed by atoms with van der Waals surface area (Å²) in [5.41, 5.74) is 0.531. The monoisotopic (exact) mass is 395 g/mol. The van der Waals surface area contributed by atoms with Gasteiger partial charge in [0.25, 0.3) is 5.69 Å². The third-order valence-electron chi connectivity index (χ3n) is 3.58. The molecule has 1 N–H and O–H groups in total. The topological polar surface area (TPSA) is 102 Å². The van der Waals surface area contributed by atoms with Gasteiger partial charge in [-0.1, -0.05) is 23.2 Å². The summed E-state index contributed by atoms with van der Waals surface area (Å²) in [7, 11) is 0. The maximum atomic E-state index is 12.3. The van der Waals surface area contributed by atoms with Crippen LogP contribution in [0.15, 0.2) is 36.4 Å². The second kappa shape index (κ2) is 7.19. The highest BCUT2D eigenvalue weighted by Crippen LogP contribution is 2.35. The molecule has 3 rings (SSSR count). The molecule has 0 atom stereocenters. The summed E-state index contributed by atoms with van der Waals surface area (Å²) in [6.07, 6.45) is 0. The van der Waals surface area contributed by atoms with E-state index in [2.05, 4.69) is 5.32 Å². The van der Waals surface area contributed by atoms with Crippen LogP contribution in [0.2, 0.25) is 10.0 Å². The first-order chi connectivity index (χ1) is 12.3. The molecule has 0 aliphatic carbocycles. The highest BCUT2D eigenvalue weighted by atomic mass is 35.5. The van der Waals surface area contributed by atoms with Gasteiger partial charge in [-0.15, -0.1) is 0 Å². The van der Waals surface area contributed by atoms with Crippen molar-refractivity contribution in [2.24, 2.45) is 0 Å². The number of nitrogens with zero attached hydrogens (tertiary/aromatic N) is 2.